The largest absolute Gasteiger partial charge is 0.479 e. The molecule has 1 aliphatic heterocycles. The predicted octanol–water partition coefficient (Wildman–Crippen LogP) is 5.29. The summed E-state index contributed by atoms with van der Waals surface area (Å²) in [6.45, 7) is 2.58. The van der Waals surface area contributed by atoms with E-state index in [-0.39, 0.29) is 5.92 Å². The van der Waals surface area contributed by atoms with Crippen molar-refractivity contribution in [3.63, 3.8) is 0 Å². The van der Waals surface area contributed by atoms with Crippen LogP contribution in [0.5, 0.6) is 5.88 Å². The molecule has 1 aliphatic rings. The Morgan fingerprint density at radius 2 is 1.97 bits per heavy atom. The van der Waals surface area contributed by atoms with Gasteiger partial charge in [0.1, 0.15) is 11.5 Å². The van der Waals surface area contributed by atoms with Gasteiger partial charge >= 0.3 is 6.18 Å². The number of aromatic nitrogens is 6. The van der Waals surface area contributed by atoms with Crippen LogP contribution in [0.2, 0.25) is 0 Å². The van der Waals surface area contributed by atoms with E-state index in [1.807, 2.05) is 29.8 Å². The van der Waals surface area contributed by atoms with E-state index in [2.05, 4.69) is 20.1 Å². The normalized spacial score (nSPS) is 16.0. The molecule has 0 radical (unpaired) electrons. The zero-order valence-corrected chi connectivity index (χ0v) is 19.2. The molecule has 0 unspecified atom stereocenters. The van der Waals surface area contributed by atoms with Crippen molar-refractivity contribution in [1.82, 2.24) is 29.3 Å². The second-order valence-electron chi connectivity index (χ2n) is 8.39. The highest BCUT2D eigenvalue weighted by Gasteiger charge is 2.32. The Morgan fingerprint density at radius 3 is 2.71 bits per heavy atom. The minimum absolute atomic E-state index is 0.239. The van der Waals surface area contributed by atoms with Crippen molar-refractivity contribution in [2.45, 2.75) is 38.4 Å². The molecule has 0 saturated heterocycles. The summed E-state index contributed by atoms with van der Waals surface area (Å²) in [4.78, 5) is 13.4. The van der Waals surface area contributed by atoms with E-state index in [0.717, 1.165) is 30.3 Å². The number of rotatable bonds is 5. The first-order valence-electron chi connectivity index (χ1n) is 11.2. The minimum Gasteiger partial charge on any atom is -0.479 e. The third-order valence-corrected chi connectivity index (χ3v) is 5.96. The van der Waals surface area contributed by atoms with Gasteiger partial charge < -0.3 is 9.30 Å². The molecule has 35 heavy (non-hydrogen) atoms. The zero-order chi connectivity index (χ0) is 24.6. The van der Waals surface area contributed by atoms with Crippen molar-refractivity contribution in [2.24, 2.45) is 0 Å². The fourth-order valence-corrected chi connectivity index (χ4v) is 4.29. The van der Waals surface area contributed by atoms with Crippen molar-refractivity contribution in [3.05, 3.63) is 83.1 Å². The predicted molar refractivity (Wildman–Crippen MR) is 124 cm³/mol. The molecule has 0 aliphatic carbocycles. The molecular formula is C25H23F3N6O. The molecule has 0 N–H and O–H groups in total. The first-order valence-corrected chi connectivity index (χ1v) is 11.2. The molecule has 180 valence electrons. The monoisotopic (exact) mass is 480 g/mol. The van der Waals surface area contributed by atoms with Gasteiger partial charge in [-0.1, -0.05) is 18.2 Å². The van der Waals surface area contributed by atoms with Gasteiger partial charge in [0.25, 0.3) is 0 Å². The average molecular weight is 480 g/mol. The maximum Gasteiger partial charge on any atom is 0.416 e. The number of methoxy groups -OCH3 is 1. The summed E-state index contributed by atoms with van der Waals surface area (Å²) in [5.41, 5.74) is 2.25. The highest BCUT2D eigenvalue weighted by Crippen LogP contribution is 2.36. The van der Waals surface area contributed by atoms with Crippen LogP contribution in [0.25, 0.3) is 17.8 Å². The van der Waals surface area contributed by atoms with Gasteiger partial charge in [0.2, 0.25) is 5.88 Å². The number of hydrogen-bond donors (Lipinski definition) is 0. The van der Waals surface area contributed by atoms with Crippen LogP contribution in [0, 0.1) is 6.92 Å². The smallest absolute Gasteiger partial charge is 0.416 e. The van der Waals surface area contributed by atoms with E-state index in [1.165, 1.54) is 12.1 Å². The molecular weight excluding hydrogens is 457 g/mol. The molecule has 4 aromatic rings. The van der Waals surface area contributed by atoms with E-state index >= 15 is 0 Å². The molecule has 3 aromatic heterocycles. The fourth-order valence-electron chi connectivity index (χ4n) is 4.29. The van der Waals surface area contributed by atoms with Gasteiger partial charge in [-0.15, -0.1) is 0 Å². The number of halogens is 3. The Labute approximate surface area is 199 Å². The summed E-state index contributed by atoms with van der Waals surface area (Å²) in [7, 11) is 1.56. The van der Waals surface area contributed by atoms with E-state index in [4.69, 9.17) is 4.74 Å². The number of nitrogens with zero attached hydrogens (tertiary/aromatic N) is 6. The first-order chi connectivity index (χ1) is 16.8. The number of imidazole rings is 1. The summed E-state index contributed by atoms with van der Waals surface area (Å²) >= 11 is 0. The summed E-state index contributed by atoms with van der Waals surface area (Å²) in [6, 6.07) is 9.21. The topological polar surface area (TPSA) is 70.7 Å². The molecule has 0 fully saturated rings. The summed E-state index contributed by atoms with van der Waals surface area (Å²) in [5, 5.41) is 4.55. The summed E-state index contributed by atoms with van der Waals surface area (Å²) < 4.78 is 48.7. The maximum atomic E-state index is 13.2. The number of benzene rings is 1. The van der Waals surface area contributed by atoms with Crippen LogP contribution in [-0.2, 0) is 12.7 Å². The molecule has 0 spiro atoms. The van der Waals surface area contributed by atoms with Crippen molar-refractivity contribution in [1.29, 1.82) is 0 Å². The van der Waals surface area contributed by atoms with Crippen molar-refractivity contribution in [2.75, 3.05) is 7.11 Å². The number of hydrogen-bond acceptors (Lipinski definition) is 5. The average Bonchev–Trinajstić information content (AvgIpc) is 3.47. The number of aryl methyl sites for hydroxylation is 2. The molecule has 5 rings (SSSR count). The van der Waals surface area contributed by atoms with Gasteiger partial charge in [0, 0.05) is 18.7 Å². The van der Waals surface area contributed by atoms with Gasteiger partial charge in [-0.25, -0.2) is 19.6 Å². The number of ether oxygens (including phenoxy) is 1. The van der Waals surface area contributed by atoms with Gasteiger partial charge in [0.15, 0.2) is 5.82 Å². The van der Waals surface area contributed by atoms with Gasteiger partial charge in [-0.3, -0.25) is 0 Å². The standard InChI is InChI=1S/C25H23F3N6O/c1-16-14-33(15-29-16)21-10-8-19(30-24(21)35-2)9-11-22-31-23-20(7-4-12-34(23)32-22)17-5-3-6-18(13-17)25(26,27)28/h3,5-6,8-11,13-15,20H,4,7,12H2,1-2H3/b11-9+/t20-/m0/s1. The van der Waals surface area contributed by atoms with Crippen LogP contribution >= 0.6 is 0 Å². The molecule has 0 bridgehead atoms. The van der Waals surface area contributed by atoms with E-state index < -0.39 is 11.7 Å². The van der Waals surface area contributed by atoms with Crippen molar-refractivity contribution >= 4 is 12.2 Å². The van der Waals surface area contributed by atoms with Crippen LogP contribution in [0.4, 0.5) is 13.2 Å². The van der Waals surface area contributed by atoms with E-state index in [9.17, 15) is 13.2 Å². The lowest BCUT2D eigenvalue weighted by molar-refractivity contribution is -0.137. The maximum absolute atomic E-state index is 13.2. The van der Waals surface area contributed by atoms with Crippen LogP contribution in [0.3, 0.4) is 0 Å². The van der Waals surface area contributed by atoms with Crippen LogP contribution in [0.15, 0.2) is 48.9 Å². The SMILES string of the molecule is COc1nc(/C=C/c2nc3n(n2)CCC[C@H]3c2cccc(C(F)(F)F)c2)ccc1-n1cnc(C)c1. The Hall–Kier alpha value is -3.95. The van der Waals surface area contributed by atoms with Crippen LogP contribution in [-0.4, -0.2) is 36.4 Å². The molecule has 0 saturated carbocycles. The lowest BCUT2D eigenvalue weighted by Crippen LogP contribution is -2.18. The van der Waals surface area contributed by atoms with E-state index in [0.29, 0.717) is 35.3 Å². The Balaban J connectivity index is 1.41. The lowest BCUT2D eigenvalue weighted by Gasteiger charge is -2.23. The van der Waals surface area contributed by atoms with Gasteiger partial charge in [-0.05, 0) is 55.7 Å². The molecule has 7 nitrogen and oxygen atoms in total. The molecule has 1 atom stereocenters. The molecule has 10 heteroatoms. The third-order valence-electron chi connectivity index (χ3n) is 5.96. The Kier molecular flexibility index (Phi) is 5.88. The highest BCUT2D eigenvalue weighted by molar-refractivity contribution is 5.65. The quantitative estimate of drug-likeness (QED) is 0.388. The number of alkyl halides is 3. The van der Waals surface area contributed by atoms with Crippen molar-refractivity contribution in [3.8, 4) is 11.6 Å². The van der Waals surface area contributed by atoms with Crippen LogP contribution < -0.4 is 4.74 Å². The van der Waals surface area contributed by atoms with Crippen LogP contribution in [0.1, 0.15) is 52.9 Å². The second kappa shape index (κ2) is 9.01. The van der Waals surface area contributed by atoms with Gasteiger partial charge in [0.05, 0.1) is 30.4 Å². The second-order valence-corrected chi connectivity index (χ2v) is 8.39. The minimum atomic E-state index is -4.38. The zero-order valence-electron chi connectivity index (χ0n) is 19.2. The highest BCUT2D eigenvalue weighted by atomic mass is 19.4. The first kappa shape index (κ1) is 22.8. The number of pyridine rings is 1. The molecule has 4 heterocycles. The van der Waals surface area contributed by atoms with Gasteiger partial charge in [-0.2, -0.15) is 18.3 Å². The summed E-state index contributed by atoms with van der Waals surface area (Å²) in [6.07, 6.45) is 4.27. The Morgan fingerprint density at radius 1 is 1.11 bits per heavy atom. The Bertz CT molecular complexity index is 1390. The third kappa shape index (κ3) is 4.68. The number of fused-ring (bicyclic) bond motifs is 1. The lowest BCUT2D eigenvalue weighted by atomic mass is 9.90. The van der Waals surface area contributed by atoms with E-state index in [1.54, 1.807) is 36.3 Å². The fraction of sp³-hybridized carbons (Fsp3) is 0.280. The summed E-state index contributed by atoms with van der Waals surface area (Å²) in [5.74, 6) is 1.36. The molecule has 0 amide bonds. The molecule has 1 aromatic carbocycles. The van der Waals surface area contributed by atoms with Crippen molar-refractivity contribution < 1.29 is 17.9 Å².